The Labute approximate surface area is 167 Å². The van der Waals surface area contributed by atoms with Gasteiger partial charge in [0.05, 0.1) is 16.6 Å². The largest absolute Gasteiger partial charge is 0.293 e. The van der Waals surface area contributed by atoms with E-state index in [-0.39, 0.29) is 0 Å². The van der Waals surface area contributed by atoms with Crippen LogP contribution in [-0.4, -0.2) is 14.5 Å². The van der Waals surface area contributed by atoms with Gasteiger partial charge in [-0.2, -0.15) is 0 Å². The number of fused-ring (bicyclic) bond motifs is 4. The number of para-hydroxylation sites is 3. The molecule has 6 aromatic rings. The summed E-state index contributed by atoms with van der Waals surface area (Å²) in [6, 6.07) is 35.5. The summed E-state index contributed by atoms with van der Waals surface area (Å²) < 4.78 is 2.21. The first-order chi connectivity index (χ1) is 14.4. The molecule has 3 nitrogen and oxygen atoms in total. The maximum absolute atomic E-state index is 4.97. The zero-order chi connectivity index (χ0) is 19.2. The molecule has 2 aromatic heterocycles. The van der Waals surface area contributed by atoms with E-state index < -0.39 is 0 Å². The minimum atomic E-state index is 0.886. The second-order valence-corrected chi connectivity index (χ2v) is 7.15. The first-order valence-corrected chi connectivity index (χ1v) is 9.70. The van der Waals surface area contributed by atoms with Crippen molar-refractivity contribution in [2.75, 3.05) is 0 Å². The van der Waals surface area contributed by atoms with Crippen molar-refractivity contribution in [3.05, 3.63) is 103 Å². The minimum Gasteiger partial charge on any atom is -0.293 e. The van der Waals surface area contributed by atoms with E-state index in [1.54, 1.807) is 0 Å². The Morgan fingerprint density at radius 3 is 1.93 bits per heavy atom. The molecule has 6 rings (SSSR count). The Bertz CT molecular complexity index is 1480. The summed E-state index contributed by atoms with van der Waals surface area (Å²) in [6.45, 7) is 0. The Morgan fingerprint density at radius 2 is 1.14 bits per heavy atom. The number of hydrogen-bond acceptors (Lipinski definition) is 2. The molecule has 4 aromatic carbocycles. The molecular weight excluding hydrogens is 354 g/mol. The van der Waals surface area contributed by atoms with E-state index in [1.165, 1.54) is 11.1 Å². The van der Waals surface area contributed by atoms with Crippen LogP contribution in [0.1, 0.15) is 0 Å². The van der Waals surface area contributed by atoms with Crippen LogP contribution in [-0.2, 0) is 0 Å². The number of benzene rings is 4. The fourth-order valence-electron chi connectivity index (χ4n) is 4.01. The van der Waals surface area contributed by atoms with Crippen molar-refractivity contribution in [2.24, 2.45) is 0 Å². The van der Waals surface area contributed by atoms with Gasteiger partial charge in [0.1, 0.15) is 5.52 Å². The molecule has 0 fully saturated rings. The molecule has 0 amide bonds. The molecule has 29 heavy (non-hydrogen) atoms. The molecule has 0 atom stereocenters. The molecule has 2 heterocycles. The van der Waals surface area contributed by atoms with Gasteiger partial charge in [-0.25, -0.2) is 9.97 Å². The summed E-state index contributed by atoms with van der Waals surface area (Å²) in [5.74, 6) is 0. The van der Waals surface area contributed by atoms with E-state index in [9.17, 15) is 0 Å². The highest BCUT2D eigenvalue weighted by molar-refractivity contribution is 6.07. The van der Waals surface area contributed by atoms with Crippen molar-refractivity contribution in [1.29, 1.82) is 0 Å². The summed E-state index contributed by atoms with van der Waals surface area (Å²) >= 11 is 0. The topological polar surface area (TPSA) is 30.7 Å². The van der Waals surface area contributed by atoms with Gasteiger partial charge in [-0.1, -0.05) is 72.8 Å². The van der Waals surface area contributed by atoms with Gasteiger partial charge in [0.2, 0.25) is 0 Å². The summed E-state index contributed by atoms with van der Waals surface area (Å²) in [7, 11) is 0. The van der Waals surface area contributed by atoms with Crippen LogP contribution in [0.25, 0.3) is 49.9 Å². The van der Waals surface area contributed by atoms with Crippen LogP contribution in [0.4, 0.5) is 0 Å². The van der Waals surface area contributed by atoms with E-state index in [1.807, 2.05) is 30.3 Å². The highest BCUT2D eigenvalue weighted by atomic mass is 15.1. The Balaban J connectivity index is 1.62. The molecule has 3 heteroatoms. The third-order valence-electron chi connectivity index (χ3n) is 5.40. The van der Waals surface area contributed by atoms with Gasteiger partial charge in [0, 0.05) is 11.1 Å². The molecule has 0 saturated heterocycles. The molecule has 0 radical (unpaired) electrons. The zero-order valence-corrected chi connectivity index (χ0v) is 15.7. The van der Waals surface area contributed by atoms with Crippen molar-refractivity contribution >= 4 is 33.1 Å². The lowest BCUT2D eigenvalue weighted by molar-refractivity contribution is 1.14. The van der Waals surface area contributed by atoms with E-state index in [0.717, 1.165) is 38.8 Å². The van der Waals surface area contributed by atoms with Gasteiger partial charge >= 0.3 is 0 Å². The highest BCUT2D eigenvalue weighted by Crippen LogP contribution is 2.31. The van der Waals surface area contributed by atoms with Gasteiger partial charge in [-0.15, -0.1) is 0 Å². The molecule has 136 valence electrons. The van der Waals surface area contributed by atoms with Gasteiger partial charge in [0.25, 0.3) is 0 Å². The third-order valence-corrected chi connectivity index (χ3v) is 5.40. The van der Waals surface area contributed by atoms with E-state index in [4.69, 9.17) is 9.97 Å². The lowest BCUT2D eigenvalue weighted by atomic mass is 10.1. The van der Waals surface area contributed by atoms with E-state index in [2.05, 4.69) is 77.4 Å². The van der Waals surface area contributed by atoms with Crippen molar-refractivity contribution in [2.45, 2.75) is 0 Å². The number of rotatable bonds is 2. The summed E-state index contributed by atoms with van der Waals surface area (Å²) in [5.41, 5.74) is 8.26. The predicted molar refractivity (Wildman–Crippen MR) is 119 cm³/mol. The average molecular weight is 371 g/mol. The SMILES string of the molecule is c1ccc(-c2ccc(-n3c4ccccc4c4nc5ccccc5nc43)cc2)cc1. The Hall–Kier alpha value is -3.98. The second-order valence-electron chi connectivity index (χ2n) is 7.15. The molecule has 0 aliphatic carbocycles. The summed E-state index contributed by atoms with van der Waals surface area (Å²) in [4.78, 5) is 9.91. The number of nitrogens with zero attached hydrogens (tertiary/aromatic N) is 3. The third kappa shape index (κ3) is 2.52. The second kappa shape index (κ2) is 6.28. The van der Waals surface area contributed by atoms with E-state index >= 15 is 0 Å². The number of hydrogen-bond donors (Lipinski definition) is 0. The molecule has 0 N–H and O–H groups in total. The molecule has 0 unspecified atom stereocenters. The van der Waals surface area contributed by atoms with Gasteiger partial charge in [0.15, 0.2) is 5.65 Å². The first-order valence-electron chi connectivity index (χ1n) is 9.70. The van der Waals surface area contributed by atoms with Crippen LogP contribution >= 0.6 is 0 Å². The van der Waals surface area contributed by atoms with Crippen LogP contribution in [0.5, 0.6) is 0 Å². The molecule has 0 bridgehead atoms. The predicted octanol–water partition coefficient (Wildman–Crippen LogP) is 6.39. The van der Waals surface area contributed by atoms with Gasteiger partial charge in [-0.05, 0) is 41.5 Å². The highest BCUT2D eigenvalue weighted by Gasteiger charge is 2.15. The summed E-state index contributed by atoms with van der Waals surface area (Å²) in [5, 5.41) is 1.12. The maximum atomic E-state index is 4.97. The van der Waals surface area contributed by atoms with Crippen LogP contribution in [0.2, 0.25) is 0 Å². The average Bonchev–Trinajstić information content (AvgIpc) is 3.11. The van der Waals surface area contributed by atoms with Gasteiger partial charge in [-0.3, -0.25) is 4.57 Å². The number of aromatic nitrogens is 3. The first kappa shape index (κ1) is 16.0. The van der Waals surface area contributed by atoms with E-state index in [0.29, 0.717) is 0 Å². The molecule has 0 spiro atoms. The van der Waals surface area contributed by atoms with Crippen LogP contribution in [0.3, 0.4) is 0 Å². The van der Waals surface area contributed by atoms with Crippen molar-refractivity contribution in [3.63, 3.8) is 0 Å². The van der Waals surface area contributed by atoms with Crippen molar-refractivity contribution in [3.8, 4) is 16.8 Å². The van der Waals surface area contributed by atoms with Crippen molar-refractivity contribution < 1.29 is 0 Å². The normalized spacial score (nSPS) is 11.4. The molecular formula is C26H17N3. The maximum Gasteiger partial charge on any atom is 0.165 e. The Kier molecular flexibility index (Phi) is 3.47. The lowest BCUT2D eigenvalue weighted by Crippen LogP contribution is -1.96. The van der Waals surface area contributed by atoms with Crippen molar-refractivity contribution in [1.82, 2.24) is 14.5 Å². The van der Waals surface area contributed by atoms with Gasteiger partial charge < -0.3 is 0 Å². The minimum absolute atomic E-state index is 0.886. The van der Waals surface area contributed by atoms with Crippen LogP contribution < -0.4 is 0 Å². The lowest BCUT2D eigenvalue weighted by Gasteiger charge is -2.09. The standard InChI is InChI=1S/C26H17N3/c1-2-8-18(9-3-1)19-14-16-20(17-15-19)29-24-13-7-4-10-21(24)25-26(29)28-23-12-6-5-11-22(23)27-25/h1-17H. The fraction of sp³-hybridized carbons (Fsp3) is 0. The monoisotopic (exact) mass is 371 g/mol. The molecule has 0 aliphatic heterocycles. The summed E-state index contributed by atoms with van der Waals surface area (Å²) in [6.07, 6.45) is 0. The fourth-order valence-corrected chi connectivity index (χ4v) is 4.01. The zero-order valence-electron chi connectivity index (χ0n) is 15.7. The smallest absolute Gasteiger partial charge is 0.165 e. The quantitative estimate of drug-likeness (QED) is 0.353. The molecule has 0 aliphatic rings. The Morgan fingerprint density at radius 1 is 0.517 bits per heavy atom. The van der Waals surface area contributed by atoms with Crippen LogP contribution in [0, 0.1) is 0 Å². The van der Waals surface area contributed by atoms with Crippen LogP contribution in [0.15, 0.2) is 103 Å². The molecule has 0 saturated carbocycles.